The van der Waals surface area contributed by atoms with Gasteiger partial charge in [0.25, 0.3) is 5.91 Å². The lowest BCUT2D eigenvalue weighted by molar-refractivity contribution is 0.0709. The molecule has 0 aliphatic carbocycles. The zero-order valence-electron chi connectivity index (χ0n) is 16.3. The molecule has 3 heterocycles. The molecule has 1 amide bonds. The first kappa shape index (κ1) is 17.9. The monoisotopic (exact) mass is 388 g/mol. The highest BCUT2D eigenvalue weighted by atomic mass is 16.5. The van der Waals surface area contributed by atoms with Crippen molar-refractivity contribution in [3.8, 4) is 17.0 Å². The second kappa shape index (κ2) is 7.37. The van der Waals surface area contributed by atoms with Crippen LogP contribution in [0.5, 0.6) is 5.75 Å². The van der Waals surface area contributed by atoms with E-state index in [9.17, 15) is 4.79 Å². The maximum atomic E-state index is 13.6. The summed E-state index contributed by atoms with van der Waals surface area (Å²) in [6.07, 6.45) is 1.61. The minimum atomic E-state index is 0.0107. The first-order valence-electron chi connectivity index (χ1n) is 10.0. The average molecular weight is 388 g/mol. The number of ether oxygens (including phenoxy) is 1. The summed E-state index contributed by atoms with van der Waals surface area (Å²) in [5, 5.41) is 3.50. The van der Waals surface area contributed by atoms with E-state index in [1.54, 1.807) is 13.4 Å². The molecule has 0 bridgehead atoms. The van der Waals surface area contributed by atoms with Crippen LogP contribution >= 0.6 is 0 Å². The number of nitrogens with zero attached hydrogens (tertiary/aromatic N) is 2. The van der Waals surface area contributed by atoms with Crippen LogP contribution in [0.25, 0.3) is 11.3 Å². The molecular weight excluding hydrogens is 364 g/mol. The van der Waals surface area contributed by atoms with Gasteiger partial charge in [0.05, 0.1) is 19.5 Å². The fraction of sp³-hybridized carbons (Fsp3) is 0.304. The van der Waals surface area contributed by atoms with Gasteiger partial charge in [0.1, 0.15) is 17.1 Å². The molecule has 148 valence electrons. The van der Waals surface area contributed by atoms with Crippen molar-refractivity contribution in [1.82, 2.24) is 20.2 Å². The summed E-state index contributed by atoms with van der Waals surface area (Å²) in [6, 6.07) is 18.0. The van der Waals surface area contributed by atoms with Crippen molar-refractivity contribution >= 4 is 5.91 Å². The number of methoxy groups -OCH3 is 1. The Morgan fingerprint density at radius 3 is 2.66 bits per heavy atom. The Labute approximate surface area is 169 Å². The van der Waals surface area contributed by atoms with Crippen molar-refractivity contribution in [2.45, 2.75) is 6.04 Å². The first-order chi connectivity index (χ1) is 14.3. The number of rotatable bonds is 4. The van der Waals surface area contributed by atoms with Crippen LogP contribution in [0.2, 0.25) is 0 Å². The molecule has 0 saturated carbocycles. The summed E-state index contributed by atoms with van der Waals surface area (Å²) in [7, 11) is 1.67. The van der Waals surface area contributed by atoms with E-state index in [0.717, 1.165) is 36.5 Å². The van der Waals surface area contributed by atoms with E-state index in [2.05, 4.69) is 27.4 Å². The molecule has 2 aliphatic heterocycles. The fourth-order valence-corrected chi connectivity index (χ4v) is 4.77. The van der Waals surface area contributed by atoms with Gasteiger partial charge in [-0.05, 0) is 23.6 Å². The van der Waals surface area contributed by atoms with Crippen molar-refractivity contribution in [3.63, 3.8) is 0 Å². The summed E-state index contributed by atoms with van der Waals surface area (Å²) in [4.78, 5) is 23.2. The maximum Gasteiger partial charge on any atom is 0.273 e. The van der Waals surface area contributed by atoms with E-state index in [-0.39, 0.29) is 11.9 Å². The summed E-state index contributed by atoms with van der Waals surface area (Å²) < 4.78 is 5.31. The van der Waals surface area contributed by atoms with E-state index >= 15 is 0 Å². The number of hydrogen-bond acceptors (Lipinski definition) is 4. The molecule has 0 spiro atoms. The van der Waals surface area contributed by atoms with E-state index in [1.165, 1.54) is 0 Å². The minimum absolute atomic E-state index is 0.0107. The molecule has 2 saturated heterocycles. The van der Waals surface area contributed by atoms with Gasteiger partial charge in [-0.1, -0.05) is 42.5 Å². The predicted octanol–water partition coefficient (Wildman–Crippen LogP) is 3.12. The molecule has 6 heteroatoms. The number of benzene rings is 2. The van der Waals surface area contributed by atoms with Gasteiger partial charge in [0.2, 0.25) is 0 Å². The van der Waals surface area contributed by atoms with Gasteiger partial charge in [0, 0.05) is 31.1 Å². The van der Waals surface area contributed by atoms with Crippen molar-refractivity contribution in [2.75, 3.05) is 26.7 Å². The number of H-pyrrole nitrogens is 1. The number of aromatic amines is 1. The van der Waals surface area contributed by atoms with Crippen LogP contribution in [0.15, 0.2) is 60.9 Å². The van der Waals surface area contributed by atoms with Crippen molar-refractivity contribution in [1.29, 1.82) is 0 Å². The van der Waals surface area contributed by atoms with Crippen molar-refractivity contribution < 1.29 is 9.53 Å². The van der Waals surface area contributed by atoms with Gasteiger partial charge in [-0.2, -0.15) is 0 Å². The van der Waals surface area contributed by atoms with Gasteiger partial charge in [-0.3, -0.25) is 4.79 Å². The van der Waals surface area contributed by atoms with Gasteiger partial charge in [-0.15, -0.1) is 0 Å². The SMILES string of the molecule is COc1ccc([C@@H]2[C@H]3CNC[C@H]3CN2C(=O)c2[nH]cnc2-c2ccccc2)cc1. The summed E-state index contributed by atoms with van der Waals surface area (Å²) in [5.41, 5.74) is 3.36. The number of likely N-dealkylation sites (tertiary alicyclic amines) is 1. The molecular formula is C23H24N4O2. The van der Waals surface area contributed by atoms with Crippen LogP contribution < -0.4 is 10.1 Å². The third-order valence-corrected chi connectivity index (χ3v) is 6.18. The van der Waals surface area contributed by atoms with Crippen LogP contribution in [0.3, 0.4) is 0 Å². The Bertz CT molecular complexity index is 999. The Kier molecular flexibility index (Phi) is 4.56. The quantitative estimate of drug-likeness (QED) is 0.721. The van der Waals surface area contributed by atoms with E-state index in [0.29, 0.717) is 23.2 Å². The second-order valence-corrected chi connectivity index (χ2v) is 7.75. The highest BCUT2D eigenvalue weighted by Crippen LogP contribution is 2.43. The predicted molar refractivity (Wildman–Crippen MR) is 111 cm³/mol. The average Bonchev–Trinajstić information content (AvgIpc) is 3.50. The van der Waals surface area contributed by atoms with Gasteiger partial charge in [-0.25, -0.2) is 4.98 Å². The molecule has 0 unspecified atom stereocenters. The normalized spacial score (nSPS) is 23.2. The Hall–Kier alpha value is -3.12. The lowest BCUT2D eigenvalue weighted by Crippen LogP contribution is -2.35. The van der Waals surface area contributed by atoms with Crippen LogP contribution in [-0.2, 0) is 0 Å². The molecule has 0 radical (unpaired) electrons. The van der Waals surface area contributed by atoms with E-state index in [1.807, 2.05) is 47.4 Å². The number of carbonyl (C=O) groups is 1. The number of carbonyl (C=O) groups excluding carboxylic acids is 1. The molecule has 2 aromatic carbocycles. The Morgan fingerprint density at radius 1 is 1.10 bits per heavy atom. The molecule has 2 N–H and O–H groups in total. The van der Waals surface area contributed by atoms with Gasteiger partial charge in [0.15, 0.2) is 0 Å². The molecule has 29 heavy (non-hydrogen) atoms. The maximum absolute atomic E-state index is 13.6. The minimum Gasteiger partial charge on any atom is -0.497 e. The molecule has 2 aliphatic rings. The number of amides is 1. The lowest BCUT2D eigenvalue weighted by atomic mass is 9.89. The molecule has 3 atom stereocenters. The molecule has 6 nitrogen and oxygen atoms in total. The number of imidazole rings is 1. The first-order valence-corrected chi connectivity index (χ1v) is 10.0. The fourth-order valence-electron chi connectivity index (χ4n) is 4.77. The highest BCUT2D eigenvalue weighted by Gasteiger charge is 2.47. The Balaban J connectivity index is 1.51. The van der Waals surface area contributed by atoms with Crippen molar-refractivity contribution in [2.24, 2.45) is 11.8 Å². The number of aromatic nitrogens is 2. The molecule has 5 rings (SSSR count). The summed E-state index contributed by atoms with van der Waals surface area (Å²) in [6.45, 7) is 2.63. The van der Waals surface area contributed by atoms with E-state index in [4.69, 9.17) is 4.74 Å². The van der Waals surface area contributed by atoms with Crippen LogP contribution in [0.4, 0.5) is 0 Å². The van der Waals surface area contributed by atoms with Gasteiger partial charge < -0.3 is 19.9 Å². The molecule has 1 aromatic heterocycles. The lowest BCUT2D eigenvalue weighted by Gasteiger charge is -2.28. The summed E-state index contributed by atoms with van der Waals surface area (Å²) in [5.74, 6) is 1.71. The number of nitrogens with one attached hydrogen (secondary N) is 2. The van der Waals surface area contributed by atoms with Gasteiger partial charge >= 0.3 is 0 Å². The largest absolute Gasteiger partial charge is 0.497 e. The van der Waals surface area contributed by atoms with E-state index < -0.39 is 0 Å². The zero-order chi connectivity index (χ0) is 19.8. The Morgan fingerprint density at radius 2 is 1.90 bits per heavy atom. The smallest absolute Gasteiger partial charge is 0.273 e. The highest BCUT2D eigenvalue weighted by molar-refractivity contribution is 5.98. The topological polar surface area (TPSA) is 70.2 Å². The standard InChI is InChI=1S/C23H24N4O2/c1-29-18-9-7-16(8-10-18)22-19-12-24-11-17(19)13-27(22)23(28)21-20(25-14-26-21)15-5-3-2-4-6-15/h2-10,14,17,19,22,24H,11-13H2,1H3,(H,25,26)/t17-,19-,22+/m0/s1. The second-order valence-electron chi connectivity index (χ2n) is 7.75. The molecule has 2 fully saturated rings. The zero-order valence-corrected chi connectivity index (χ0v) is 16.3. The number of fused-ring (bicyclic) bond motifs is 1. The van der Waals surface area contributed by atoms with Crippen molar-refractivity contribution in [3.05, 3.63) is 72.2 Å². The molecule has 3 aromatic rings. The number of hydrogen-bond donors (Lipinski definition) is 2. The third kappa shape index (κ3) is 3.09. The van der Waals surface area contributed by atoms with Crippen LogP contribution in [-0.4, -0.2) is 47.5 Å². The summed E-state index contributed by atoms with van der Waals surface area (Å²) >= 11 is 0. The van der Waals surface area contributed by atoms with Crippen LogP contribution in [0.1, 0.15) is 22.1 Å². The van der Waals surface area contributed by atoms with Crippen LogP contribution in [0, 0.1) is 11.8 Å². The third-order valence-electron chi connectivity index (χ3n) is 6.18.